The Hall–Kier alpha value is -3.01. The highest BCUT2D eigenvalue weighted by molar-refractivity contribution is 5.61. The topological polar surface area (TPSA) is 32.5 Å². The Morgan fingerprint density at radius 1 is 0.750 bits per heavy atom. The van der Waals surface area contributed by atoms with Crippen molar-refractivity contribution in [3.05, 3.63) is 71.3 Å². The number of halogens is 6. The summed E-state index contributed by atoms with van der Waals surface area (Å²) in [6.45, 7) is 3.19. The summed E-state index contributed by atoms with van der Waals surface area (Å²) in [6.07, 6.45) is -8.74. The van der Waals surface area contributed by atoms with Gasteiger partial charge in [-0.05, 0) is 29.8 Å². The van der Waals surface area contributed by atoms with Crippen molar-refractivity contribution < 1.29 is 30.9 Å². The molecule has 0 aliphatic carbocycles. The largest absolute Gasteiger partial charge is 0.416 e. The van der Waals surface area contributed by atoms with Crippen LogP contribution in [-0.2, 0) is 18.9 Å². The molecule has 1 aromatic heterocycles. The Morgan fingerprint density at radius 3 is 1.81 bits per heavy atom. The van der Waals surface area contributed by atoms with E-state index in [1.54, 1.807) is 6.07 Å². The fraction of sp³-hybridized carbons (Fsp3) is 0.318. The summed E-state index contributed by atoms with van der Waals surface area (Å²) in [5.74, 6) is 0.968. The lowest BCUT2D eigenvalue weighted by Gasteiger charge is -2.34. The first kappa shape index (κ1) is 22.2. The van der Waals surface area contributed by atoms with Gasteiger partial charge in [-0.25, -0.2) is 0 Å². The summed E-state index contributed by atoms with van der Waals surface area (Å²) in [7, 11) is 0. The van der Waals surface area contributed by atoms with Gasteiger partial charge in [0.2, 0.25) is 0 Å². The molecule has 0 saturated carbocycles. The summed E-state index contributed by atoms with van der Waals surface area (Å²) < 4.78 is 81.5. The first-order valence-electron chi connectivity index (χ1n) is 9.87. The molecule has 0 spiro atoms. The van der Waals surface area contributed by atoms with E-state index in [1.807, 2.05) is 4.90 Å². The van der Waals surface area contributed by atoms with Crippen molar-refractivity contribution in [2.75, 3.05) is 31.1 Å². The Balaban J connectivity index is 1.33. The molecular weight excluding hydrogens is 436 g/mol. The van der Waals surface area contributed by atoms with Crippen LogP contribution in [0.1, 0.15) is 16.7 Å². The monoisotopic (exact) mass is 455 g/mol. The average Bonchev–Trinajstić information content (AvgIpc) is 3.24. The summed E-state index contributed by atoms with van der Waals surface area (Å²) in [6, 6.07) is 11.5. The van der Waals surface area contributed by atoms with Crippen LogP contribution in [0.25, 0.3) is 11.3 Å². The Bertz CT molecular complexity index is 1030. The van der Waals surface area contributed by atoms with Crippen LogP contribution in [0.4, 0.5) is 32.2 Å². The average molecular weight is 455 g/mol. The minimum atomic E-state index is -4.40. The van der Waals surface area contributed by atoms with Gasteiger partial charge in [-0.2, -0.15) is 26.3 Å². The third kappa shape index (κ3) is 5.07. The van der Waals surface area contributed by atoms with Gasteiger partial charge in [0.05, 0.1) is 11.1 Å². The van der Waals surface area contributed by atoms with Crippen molar-refractivity contribution in [1.29, 1.82) is 0 Å². The minimum Gasteiger partial charge on any atom is -0.354 e. The van der Waals surface area contributed by atoms with E-state index in [9.17, 15) is 26.3 Å². The Morgan fingerprint density at radius 2 is 1.28 bits per heavy atom. The highest BCUT2D eigenvalue weighted by Gasteiger charge is 2.31. The van der Waals surface area contributed by atoms with Crippen molar-refractivity contribution >= 4 is 5.82 Å². The van der Waals surface area contributed by atoms with E-state index in [-0.39, 0.29) is 0 Å². The zero-order valence-corrected chi connectivity index (χ0v) is 16.7. The van der Waals surface area contributed by atoms with E-state index in [4.69, 9.17) is 4.52 Å². The molecule has 10 heteroatoms. The molecular formula is C22H19F6N3O. The SMILES string of the molecule is FC(F)(F)c1ccc(CN2CCN(c3cc(-c4ccc(C(F)(F)F)cc4)on3)CC2)cc1. The second-order valence-corrected chi connectivity index (χ2v) is 7.58. The molecule has 0 radical (unpaired) electrons. The van der Waals surface area contributed by atoms with Gasteiger partial charge in [-0.1, -0.05) is 29.4 Å². The summed E-state index contributed by atoms with van der Waals surface area (Å²) in [5.41, 5.74) is -0.0960. The predicted octanol–water partition coefficient (Wildman–Crippen LogP) is 5.70. The Labute approximate surface area is 180 Å². The molecule has 0 N–H and O–H groups in total. The zero-order valence-electron chi connectivity index (χ0n) is 16.7. The molecule has 1 fully saturated rings. The molecule has 32 heavy (non-hydrogen) atoms. The molecule has 3 aromatic rings. The third-order valence-corrected chi connectivity index (χ3v) is 5.38. The minimum absolute atomic E-state index is 0.376. The molecule has 1 aliphatic rings. The van der Waals surface area contributed by atoms with E-state index >= 15 is 0 Å². The second-order valence-electron chi connectivity index (χ2n) is 7.58. The number of rotatable bonds is 4. The molecule has 0 bridgehead atoms. The van der Waals surface area contributed by atoms with Crippen molar-refractivity contribution in [3.63, 3.8) is 0 Å². The molecule has 170 valence electrons. The van der Waals surface area contributed by atoms with Crippen LogP contribution in [0.5, 0.6) is 0 Å². The van der Waals surface area contributed by atoms with Gasteiger partial charge in [0, 0.05) is 44.4 Å². The van der Waals surface area contributed by atoms with Gasteiger partial charge in [-0.3, -0.25) is 4.90 Å². The van der Waals surface area contributed by atoms with Crippen LogP contribution in [-0.4, -0.2) is 36.2 Å². The third-order valence-electron chi connectivity index (χ3n) is 5.38. The van der Waals surface area contributed by atoms with Crippen LogP contribution in [0, 0.1) is 0 Å². The second kappa shape index (κ2) is 8.50. The van der Waals surface area contributed by atoms with Gasteiger partial charge in [-0.15, -0.1) is 0 Å². The molecule has 2 aromatic carbocycles. The van der Waals surface area contributed by atoms with Gasteiger partial charge in [0.15, 0.2) is 11.6 Å². The van der Waals surface area contributed by atoms with Crippen LogP contribution < -0.4 is 4.90 Å². The van der Waals surface area contributed by atoms with Crippen LogP contribution >= 0.6 is 0 Å². The summed E-state index contributed by atoms with van der Waals surface area (Å²) in [4.78, 5) is 4.14. The van der Waals surface area contributed by atoms with E-state index in [0.29, 0.717) is 49.9 Å². The first-order valence-corrected chi connectivity index (χ1v) is 9.87. The molecule has 1 aliphatic heterocycles. The maximum atomic E-state index is 12.7. The molecule has 1 saturated heterocycles. The standard InChI is InChI=1S/C22H19F6N3O/c23-21(24,25)17-5-1-15(2-6-17)14-30-9-11-31(12-10-30)20-13-19(32-29-20)16-3-7-18(8-4-16)22(26,27)28/h1-8,13H,9-12,14H2. The highest BCUT2D eigenvalue weighted by atomic mass is 19.4. The predicted molar refractivity (Wildman–Crippen MR) is 106 cm³/mol. The molecule has 4 rings (SSSR count). The van der Waals surface area contributed by atoms with Crippen LogP contribution in [0.2, 0.25) is 0 Å². The highest BCUT2D eigenvalue weighted by Crippen LogP contribution is 2.32. The number of nitrogens with zero attached hydrogens (tertiary/aromatic N) is 3. The lowest BCUT2D eigenvalue weighted by molar-refractivity contribution is -0.138. The van der Waals surface area contributed by atoms with Crippen molar-refractivity contribution in [3.8, 4) is 11.3 Å². The zero-order chi connectivity index (χ0) is 22.9. The van der Waals surface area contributed by atoms with Gasteiger partial charge >= 0.3 is 12.4 Å². The summed E-state index contributed by atoms with van der Waals surface area (Å²) in [5, 5.41) is 4.03. The quantitative estimate of drug-likeness (QED) is 0.473. The number of benzene rings is 2. The molecule has 2 heterocycles. The van der Waals surface area contributed by atoms with Crippen molar-refractivity contribution in [1.82, 2.24) is 10.1 Å². The number of alkyl halides is 6. The van der Waals surface area contributed by atoms with Gasteiger partial charge < -0.3 is 9.42 Å². The first-order chi connectivity index (χ1) is 15.1. The maximum Gasteiger partial charge on any atom is 0.416 e. The van der Waals surface area contributed by atoms with E-state index in [2.05, 4.69) is 10.1 Å². The molecule has 4 nitrogen and oxygen atoms in total. The van der Waals surface area contributed by atoms with Crippen molar-refractivity contribution in [2.45, 2.75) is 18.9 Å². The van der Waals surface area contributed by atoms with E-state index in [0.717, 1.165) is 29.8 Å². The summed E-state index contributed by atoms with van der Waals surface area (Å²) >= 11 is 0. The van der Waals surface area contributed by atoms with Crippen LogP contribution in [0.15, 0.2) is 59.1 Å². The van der Waals surface area contributed by atoms with Crippen molar-refractivity contribution in [2.24, 2.45) is 0 Å². The number of piperazine rings is 1. The van der Waals surface area contributed by atoms with E-state index < -0.39 is 23.5 Å². The maximum absolute atomic E-state index is 12.7. The number of anilines is 1. The van der Waals surface area contributed by atoms with E-state index in [1.165, 1.54) is 24.3 Å². The number of aromatic nitrogens is 1. The smallest absolute Gasteiger partial charge is 0.354 e. The number of hydrogen-bond acceptors (Lipinski definition) is 4. The molecule has 0 unspecified atom stereocenters. The van der Waals surface area contributed by atoms with Gasteiger partial charge in [0.1, 0.15) is 0 Å². The lowest BCUT2D eigenvalue weighted by atomic mass is 10.1. The van der Waals surface area contributed by atoms with Crippen LogP contribution in [0.3, 0.4) is 0 Å². The lowest BCUT2D eigenvalue weighted by Crippen LogP contribution is -2.46. The number of hydrogen-bond donors (Lipinski definition) is 0. The Kier molecular flexibility index (Phi) is 5.89. The molecule has 0 amide bonds. The molecule has 0 atom stereocenters. The normalized spacial score (nSPS) is 15.9. The fourth-order valence-corrected chi connectivity index (χ4v) is 3.57. The van der Waals surface area contributed by atoms with Gasteiger partial charge in [0.25, 0.3) is 0 Å². The fourth-order valence-electron chi connectivity index (χ4n) is 3.57.